The Morgan fingerprint density at radius 2 is 1.70 bits per heavy atom. The first-order chi connectivity index (χ1) is 12.9. The van der Waals surface area contributed by atoms with Crippen molar-refractivity contribution in [3.63, 3.8) is 0 Å². The second kappa shape index (κ2) is 9.33. The van der Waals surface area contributed by atoms with Crippen LogP contribution < -0.4 is 22.1 Å². The maximum absolute atomic E-state index is 11.8. The number of hydrogen-bond donors (Lipinski definition) is 5. The largest absolute Gasteiger partial charge is 0.494 e. The summed E-state index contributed by atoms with van der Waals surface area (Å²) in [4.78, 5) is 11.8. The summed E-state index contributed by atoms with van der Waals surface area (Å²) in [7, 11) is 0. The number of carbonyl (C=O) groups is 1. The highest BCUT2D eigenvalue weighted by atomic mass is 16.3. The van der Waals surface area contributed by atoms with Crippen molar-refractivity contribution in [2.45, 2.75) is 19.9 Å². The van der Waals surface area contributed by atoms with Crippen LogP contribution in [0.2, 0.25) is 0 Å². The molecule has 2 aromatic rings. The van der Waals surface area contributed by atoms with Gasteiger partial charge in [0.05, 0.1) is 12.2 Å². The van der Waals surface area contributed by atoms with E-state index in [2.05, 4.69) is 10.6 Å². The second-order valence-electron chi connectivity index (χ2n) is 6.27. The molecule has 0 aliphatic carbocycles. The predicted molar refractivity (Wildman–Crippen MR) is 110 cm³/mol. The molecule has 0 heterocycles. The molecule has 2 aromatic carbocycles. The van der Waals surface area contributed by atoms with E-state index in [1.54, 1.807) is 6.92 Å². The highest BCUT2D eigenvalue weighted by Crippen LogP contribution is 2.22. The van der Waals surface area contributed by atoms with Gasteiger partial charge in [-0.15, -0.1) is 0 Å². The highest BCUT2D eigenvalue weighted by molar-refractivity contribution is 6.20. The van der Waals surface area contributed by atoms with E-state index in [4.69, 9.17) is 11.5 Å². The Hall–Kier alpha value is -3.41. The third kappa shape index (κ3) is 5.81. The normalized spacial score (nSPS) is 13.5. The van der Waals surface area contributed by atoms with Crippen molar-refractivity contribution in [1.29, 1.82) is 0 Å². The molecule has 6 heteroatoms. The van der Waals surface area contributed by atoms with Gasteiger partial charge in [-0.05, 0) is 37.1 Å². The van der Waals surface area contributed by atoms with Crippen molar-refractivity contribution in [3.8, 4) is 0 Å². The molecule has 0 saturated heterocycles. The van der Waals surface area contributed by atoms with Crippen LogP contribution in [0, 0.1) is 0 Å². The first-order valence-corrected chi connectivity index (χ1v) is 8.65. The molecule has 6 nitrogen and oxygen atoms in total. The molecular formula is C21H26N4O2. The Morgan fingerprint density at radius 1 is 1.07 bits per heavy atom. The smallest absolute Gasteiger partial charge is 0.197 e. The van der Waals surface area contributed by atoms with Crippen molar-refractivity contribution in [1.82, 2.24) is 5.32 Å². The Labute approximate surface area is 159 Å². The van der Waals surface area contributed by atoms with E-state index in [1.807, 2.05) is 54.6 Å². The van der Waals surface area contributed by atoms with Gasteiger partial charge in [-0.3, -0.25) is 4.79 Å². The third-order valence-electron chi connectivity index (χ3n) is 4.06. The number of aliphatic hydroxyl groups excluding tert-OH is 1. The van der Waals surface area contributed by atoms with E-state index in [1.165, 1.54) is 13.1 Å². The van der Waals surface area contributed by atoms with Crippen LogP contribution in [0.5, 0.6) is 0 Å². The lowest BCUT2D eigenvalue weighted by molar-refractivity contribution is -0.111. The first kappa shape index (κ1) is 19.9. The fraction of sp³-hybridized carbons (Fsp3) is 0.190. The van der Waals surface area contributed by atoms with Gasteiger partial charge in [0.15, 0.2) is 11.7 Å². The molecule has 1 atom stereocenters. The number of aliphatic hydroxyl groups is 1. The van der Waals surface area contributed by atoms with Crippen molar-refractivity contribution >= 4 is 17.0 Å². The fourth-order valence-electron chi connectivity index (χ4n) is 2.83. The summed E-state index contributed by atoms with van der Waals surface area (Å²) in [5, 5.41) is 15.7. The summed E-state index contributed by atoms with van der Waals surface area (Å²) in [5.74, 6) is -0.365. The number of ketones is 1. The maximum atomic E-state index is 11.8. The SMILES string of the molecule is CC(=O)/C(=C(/C)N)c1ccc([C@H](CNc2ccccc2)N/C=C(/N)O)cc1. The van der Waals surface area contributed by atoms with Gasteiger partial charge in [-0.25, -0.2) is 0 Å². The van der Waals surface area contributed by atoms with Crippen LogP contribution in [0.4, 0.5) is 5.69 Å². The average molecular weight is 366 g/mol. The minimum absolute atomic E-state index is 0.0702. The Balaban J connectivity index is 2.23. The summed E-state index contributed by atoms with van der Waals surface area (Å²) in [6.45, 7) is 3.79. The number of benzene rings is 2. The van der Waals surface area contributed by atoms with Crippen molar-refractivity contribution < 1.29 is 9.90 Å². The molecular weight excluding hydrogens is 340 g/mol. The van der Waals surface area contributed by atoms with Gasteiger partial charge >= 0.3 is 0 Å². The van der Waals surface area contributed by atoms with Crippen molar-refractivity contribution in [2.24, 2.45) is 11.5 Å². The highest BCUT2D eigenvalue weighted by Gasteiger charge is 2.13. The molecule has 0 spiro atoms. The van der Waals surface area contributed by atoms with E-state index in [0.29, 0.717) is 17.8 Å². The fourth-order valence-corrected chi connectivity index (χ4v) is 2.83. The molecule has 0 unspecified atom stereocenters. The van der Waals surface area contributed by atoms with E-state index >= 15 is 0 Å². The van der Waals surface area contributed by atoms with Crippen LogP contribution in [-0.2, 0) is 4.79 Å². The van der Waals surface area contributed by atoms with Gasteiger partial charge in [0.2, 0.25) is 0 Å². The molecule has 0 amide bonds. The van der Waals surface area contributed by atoms with Crippen LogP contribution >= 0.6 is 0 Å². The molecule has 0 bridgehead atoms. The topological polar surface area (TPSA) is 113 Å². The predicted octanol–water partition coefficient (Wildman–Crippen LogP) is 3.02. The minimum Gasteiger partial charge on any atom is -0.494 e. The van der Waals surface area contributed by atoms with Crippen molar-refractivity contribution in [3.05, 3.63) is 83.5 Å². The maximum Gasteiger partial charge on any atom is 0.197 e. The van der Waals surface area contributed by atoms with Gasteiger partial charge in [0.1, 0.15) is 0 Å². The molecule has 0 aromatic heterocycles. The molecule has 0 aliphatic rings. The number of hydrogen-bond acceptors (Lipinski definition) is 6. The number of Topliss-reactive ketones (excluding diaryl/α,β-unsaturated/α-hetero) is 1. The lowest BCUT2D eigenvalue weighted by atomic mass is 9.97. The standard InChI is InChI=1S/C21H26N4O2/c1-14(22)21(15(2)26)17-10-8-16(9-11-17)19(25-13-20(23)27)12-24-18-6-4-3-5-7-18/h3-11,13,19,24-25,27H,12,22-23H2,1-2H3/b20-13-,21-14+/t19-/m0/s1. The van der Waals surface area contributed by atoms with Crippen LogP contribution in [0.25, 0.3) is 5.57 Å². The number of rotatable bonds is 8. The van der Waals surface area contributed by atoms with Crippen LogP contribution in [0.1, 0.15) is 31.0 Å². The van der Waals surface area contributed by atoms with Gasteiger partial charge in [0.25, 0.3) is 0 Å². The summed E-state index contributed by atoms with van der Waals surface area (Å²) < 4.78 is 0. The summed E-state index contributed by atoms with van der Waals surface area (Å²) in [6, 6.07) is 17.3. The minimum atomic E-state index is -0.295. The van der Waals surface area contributed by atoms with Gasteiger partial charge < -0.3 is 27.2 Å². The number of para-hydroxylation sites is 1. The monoisotopic (exact) mass is 366 g/mol. The zero-order chi connectivity index (χ0) is 19.8. The number of anilines is 1. The van der Waals surface area contributed by atoms with Crippen LogP contribution in [0.15, 0.2) is 72.4 Å². The average Bonchev–Trinajstić information content (AvgIpc) is 2.63. The third-order valence-corrected chi connectivity index (χ3v) is 4.06. The Kier molecular flexibility index (Phi) is 6.88. The van der Waals surface area contributed by atoms with Crippen LogP contribution in [0.3, 0.4) is 0 Å². The Bertz CT molecular complexity index is 819. The summed E-state index contributed by atoms with van der Waals surface area (Å²) >= 11 is 0. The van der Waals surface area contributed by atoms with Crippen molar-refractivity contribution in [2.75, 3.05) is 11.9 Å². The number of nitrogens with two attached hydrogens (primary N) is 2. The molecule has 0 aliphatic heterocycles. The molecule has 27 heavy (non-hydrogen) atoms. The van der Waals surface area contributed by atoms with Gasteiger partial charge in [-0.2, -0.15) is 0 Å². The van der Waals surface area contributed by atoms with Gasteiger partial charge in [-0.1, -0.05) is 42.5 Å². The van der Waals surface area contributed by atoms with Crippen LogP contribution in [-0.4, -0.2) is 17.4 Å². The first-order valence-electron chi connectivity index (χ1n) is 8.65. The molecule has 142 valence electrons. The second-order valence-corrected chi connectivity index (χ2v) is 6.27. The van der Waals surface area contributed by atoms with E-state index < -0.39 is 0 Å². The lowest BCUT2D eigenvalue weighted by Crippen LogP contribution is -2.25. The zero-order valence-corrected chi connectivity index (χ0v) is 15.6. The number of carbonyl (C=O) groups excluding carboxylic acids is 1. The Morgan fingerprint density at radius 3 is 2.22 bits per heavy atom. The molecule has 0 fully saturated rings. The number of nitrogens with one attached hydrogen (secondary N) is 2. The summed E-state index contributed by atoms with van der Waals surface area (Å²) in [6.07, 6.45) is 1.36. The van der Waals surface area contributed by atoms with E-state index in [-0.39, 0.29) is 17.7 Å². The molecule has 7 N–H and O–H groups in total. The number of allylic oxidation sites excluding steroid dienone is 2. The molecule has 0 saturated carbocycles. The molecule has 2 rings (SSSR count). The van der Waals surface area contributed by atoms with E-state index in [0.717, 1.165) is 16.8 Å². The quantitative estimate of drug-likeness (QED) is 0.362. The molecule has 0 radical (unpaired) electrons. The lowest BCUT2D eigenvalue weighted by Gasteiger charge is -2.20. The summed E-state index contributed by atoms with van der Waals surface area (Å²) in [5.41, 5.74) is 14.9. The zero-order valence-electron chi connectivity index (χ0n) is 15.6. The van der Waals surface area contributed by atoms with E-state index in [9.17, 15) is 9.90 Å². The van der Waals surface area contributed by atoms with Gasteiger partial charge in [0, 0.05) is 23.5 Å².